The van der Waals surface area contributed by atoms with Gasteiger partial charge in [0.15, 0.2) is 0 Å². The van der Waals surface area contributed by atoms with Gasteiger partial charge in [0.1, 0.15) is 17.1 Å². The lowest BCUT2D eigenvalue weighted by Gasteiger charge is -2.14. The predicted molar refractivity (Wildman–Crippen MR) is 84.8 cm³/mol. The zero-order chi connectivity index (χ0) is 16.6. The largest absolute Gasteiger partial charge is 0.508 e. The summed E-state index contributed by atoms with van der Waals surface area (Å²) >= 11 is 5.89. The highest BCUT2D eigenvalue weighted by Crippen LogP contribution is 2.28. The van der Waals surface area contributed by atoms with E-state index < -0.39 is 11.8 Å². The van der Waals surface area contributed by atoms with Crippen LogP contribution in [0.5, 0.6) is 11.5 Å². The summed E-state index contributed by atoms with van der Waals surface area (Å²) in [5.74, 6) is -1.51. The van der Waals surface area contributed by atoms with E-state index in [-0.39, 0.29) is 22.6 Å². The molecule has 2 amide bonds. The van der Waals surface area contributed by atoms with Crippen molar-refractivity contribution in [3.63, 3.8) is 0 Å². The maximum atomic E-state index is 12.4. The highest BCUT2D eigenvalue weighted by atomic mass is 35.5. The zero-order valence-electron chi connectivity index (χ0n) is 11.7. The molecule has 0 aromatic heterocycles. The number of nitrogens with zero attached hydrogens (tertiary/aromatic N) is 1. The molecule has 1 fully saturated rings. The Balaban J connectivity index is 1.97. The number of anilines is 1. The second-order valence-electron chi connectivity index (χ2n) is 4.86. The van der Waals surface area contributed by atoms with Crippen LogP contribution in [0.15, 0.2) is 48.0 Å². The van der Waals surface area contributed by atoms with Crippen LogP contribution in [0.4, 0.5) is 5.69 Å². The van der Waals surface area contributed by atoms with Crippen molar-refractivity contribution in [1.82, 2.24) is 5.43 Å². The number of carbonyl (C=O) groups is 2. The van der Waals surface area contributed by atoms with E-state index in [9.17, 15) is 19.8 Å². The third-order valence-corrected chi connectivity index (χ3v) is 3.51. The quantitative estimate of drug-likeness (QED) is 0.581. The summed E-state index contributed by atoms with van der Waals surface area (Å²) in [4.78, 5) is 24.4. The van der Waals surface area contributed by atoms with Crippen LogP contribution in [0.3, 0.4) is 0 Å². The van der Waals surface area contributed by atoms with Gasteiger partial charge in [0.05, 0.1) is 5.69 Å². The summed E-state index contributed by atoms with van der Waals surface area (Å²) in [7, 11) is 0. The fourth-order valence-corrected chi connectivity index (χ4v) is 2.35. The van der Waals surface area contributed by atoms with Crippen LogP contribution in [-0.4, -0.2) is 22.0 Å². The van der Waals surface area contributed by atoms with Crippen molar-refractivity contribution >= 4 is 35.2 Å². The standard InChI is InChI=1S/C16H11ClN2O4/c17-10-2-1-3-11(7-10)19-16(23)13(15(22)18-19)6-9-4-5-12(20)8-14(9)21/h1-8,20-21H,(H,18,22)/b13-6+. The molecule has 23 heavy (non-hydrogen) atoms. The maximum absolute atomic E-state index is 12.4. The smallest absolute Gasteiger partial charge is 0.282 e. The molecule has 2 aromatic rings. The zero-order valence-corrected chi connectivity index (χ0v) is 12.4. The van der Waals surface area contributed by atoms with Crippen LogP contribution in [0.25, 0.3) is 6.08 Å². The van der Waals surface area contributed by atoms with Crippen molar-refractivity contribution in [2.24, 2.45) is 0 Å². The molecule has 0 atom stereocenters. The SMILES string of the molecule is O=C1NN(c2cccc(Cl)c2)C(=O)/C1=C/c1ccc(O)cc1O. The molecule has 1 heterocycles. The minimum absolute atomic E-state index is 0.118. The van der Waals surface area contributed by atoms with Crippen LogP contribution in [0.1, 0.15) is 5.56 Å². The first-order valence-corrected chi connectivity index (χ1v) is 6.98. The molecule has 0 spiro atoms. The minimum atomic E-state index is -0.595. The van der Waals surface area contributed by atoms with Crippen LogP contribution in [0.2, 0.25) is 5.02 Å². The van der Waals surface area contributed by atoms with E-state index in [0.717, 1.165) is 11.1 Å². The van der Waals surface area contributed by atoms with Gasteiger partial charge in [-0.25, -0.2) is 5.01 Å². The number of rotatable bonds is 2. The van der Waals surface area contributed by atoms with E-state index in [4.69, 9.17) is 11.6 Å². The Morgan fingerprint density at radius 3 is 2.57 bits per heavy atom. The molecule has 0 saturated carbocycles. The molecule has 1 aliphatic rings. The molecule has 1 aliphatic heterocycles. The Morgan fingerprint density at radius 2 is 1.87 bits per heavy atom. The molecule has 3 rings (SSSR count). The van der Waals surface area contributed by atoms with Crippen LogP contribution >= 0.6 is 11.6 Å². The van der Waals surface area contributed by atoms with Gasteiger partial charge >= 0.3 is 0 Å². The maximum Gasteiger partial charge on any atom is 0.282 e. The summed E-state index contributed by atoms with van der Waals surface area (Å²) in [5, 5.41) is 20.5. The van der Waals surface area contributed by atoms with E-state index in [1.165, 1.54) is 18.2 Å². The van der Waals surface area contributed by atoms with E-state index in [1.807, 2.05) is 0 Å². The van der Waals surface area contributed by atoms with Crippen molar-refractivity contribution in [3.8, 4) is 11.5 Å². The summed E-state index contributed by atoms with van der Waals surface area (Å²) in [6.07, 6.45) is 1.26. The highest BCUT2D eigenvalue weighted by Gasteiger charge is 2.34. The Kier molecular flexibility index (Phi) is 3.67. The molecule has 116 valence electrons. The van der Waals surface area contributed by atoms with Crippen molar-refractivity contribution in [2.75, 3.05) is 5.01 Å². The third-order valence-electron chi connectivity index (χ3n) is 3.27. The van der Waals surface area contributed by atoms with Crippen LogP contribution in [0, 0.1) is 0 Å². The fourth-order valence-electron chi connectivity index (χ4n) is 2.16. The van der Waals surface area contributed by atoms with E-state index in [2.05, 4.69) is 5.43 Å². The first kappa shape index (κ1) is 14.9. The monoisotopic (exact) mass is 330 g/mol. The van der Waals surface area contributed by atoms with Gasteiger partial charge < -0.3 is 10.2 Å². The Bertz CT molecular complexity index is 848. The summed E-state index contributed by atoms with van der Waals surface area (Å²) in [5.41, 5.74) is 2.97. The summed E-state index contributed by atoms with van der Waals surface area (Å²) in [6.45, 7) is 0. The van der Waals surface area contributed by atoms with Gasteiger partial charge in [0, 0.05) is 16.7 Å². The lowest BCUT2D eigenvalue weighted by Crippen LogP contribution is -2.35. The molecule has 2 aromatic carbocycles. The van der Waals surface area contributed by atoms with Gasteiger partial charge in [0.2, 0.25) is 0 Å². The van der Waals surface area contributed by atoms with Crippen LogP contribution < -0.4 is 10.4 Å². The number of hydrogen-bond acceptors (Lipinski definition) is 4. The van der Waals surface area contributed by atoms with E-state index >= 15 is 0 Å². The van der Waals surface area contributed by atoms with Crippen molar-refractivity contribution < 1.29 is 19.8 Å². The molecule has 0 radical (unpaired) electrons. The molecule has 3 N–H and O–H groups in total. The first-order chi connectivity index (χ1) is 11.0. The topological polar surface area (TPSA) is 89.9 Å². The van der Waals surface area contributed by atoms with Gasteiger partial charge in [-0.2, -0.15) is 0 Å². The summed E-state index contributed by atoms with van der Waals surface area (Å²) < 4.78 is 0. The second kappa shape index (κ2) is 5.66. The minimum Gasteiger partial charge on any atom is -0.508 e. The number of halogens is 1. The Morgan fingerprint density at radius 1 is 1.09 bits per heavy atom. The normalized spacial score (nSPS) is 16.0. The molecular weight excluding hydrogens is 320 g/mol. The highest BCUT2D eigenvalue weighted by molar-refractivity contribution is 6.33. The molecule has 1 saturated heterocycles. The van der Waals surface area contributed by atoms with E-state index in [0.29, 0.717) is 10.7 Å². The first-order valence-electron chi connectivity index (χ1n) is 6.60. The number of hydrazine groups is 1. The number of aromatic hydroxyl groups is 2. The van der Waals surface area contributed by atoms with Gasteiger partial charge in [0.25, 0.3) is 11.8 Å². The molecule has 6 nitrogen and oxygen atoms in total. The fraction of sp³-hybridized carbons (Fsp3) is 0. The summed E-state index contributed by atoms with van der Waals surface area (Å²) in [6, 6.07) is 10.4. The number of phenolic OH excluding ortho intramolecular Hbond substituents is 2. The number of phenols is 2. The average Bonchev–Trinajstić information content (AvgIpc) is 2.78. The second-order valence-corrected chi connectivity index (χ2v) is 5.30. The molecule has 7 heteroatoms. The number of benzene rings is 2. The Labute approximate surface area is 136 Å². The van der Waals surface area contributed by atoms with Crippen molar-refractivity contribution in [1.29, 1.82) is 0 Å². The molecule has 0 unspecified atom stereocenters. The van der Waals surface area contributed by atoms with Gasteiger partial charge in [-0.1, -0.05) is 17.7 Å². The number of carbonyl (C=O) groups excluding carboxylic acids is 2. The number of hydrogen-bond donors (Lipinski definition) is 3. The average molecular weight is 331 g/mol. The van der Waals surface area contributed by atoms with Crippen LogP contribution in [-0.2, 0) is 9.59 Å². The van der Waals surface area contributed by atoms with Gasteiger partial charge in [-0.15, -0.1) is 0 Å². The van der Waals surface area contributed by atoms with Gasteiger partial charge in [-0.3, -0.25) is 15.0 Å². The Hall–Kier alpha value is -2.99. The molecular formula is C16H11ClN2O4. The third kappa shape index (κ3) is 2.84. The predicted octanol–water partition coefficient (Wildman–Crippen LogP) is 2.21. The number of amides is 2. The van der Waals surface area contributed by atoms with Crippen molar-refractivity contribution in [2.45, 2.75) is 0 Å². The lowest BCUT2D eigenvalue weighted by molar-refractivity contribution is -0.117. The molecule has 0 bridgehead atoms. The molecule has 0 aliphatic carbocycles. The van der Waals surface area contributed by atoms with Crippen molar-refractivity contribution in [3.05, 3.63) is 58.6 Å². The van der Waals surface area contributed by atoms with E-state index in [1.54, 1.807) is 24.3 Å². The number of nitrogens with one attached hydrogen (secondary N) is 1. The lowest BCUT2D eigenvalue weighted by atomic mass is 10.1. The van der Waals surface area contributed by atoms with Gasteiger partial charge in [-0.05, 0) is 36.4 Å².